The van der Waals surface area contributed by atoms with Crippen LogP contribution in [0.5, 0.6) is 11.5 Å². The number of phenols is 2. The first kappa shape index (κ1) is 37.0. The molecule has 5 atom stereocenters. The molecule has 1 aromatic carbocycles. The Balaban J connectivity index is 2.47. The average Bonchev–Trinajstić information content (AvgIpc) is 2.93. The molecule has 5 N–H and O–H groups in total. The fourth-order valence-corrected chi connectivity index (χ4v) is 7.26. The van der Waals surface area contributed by atoms with Gasteiger partial charge in [0.15, 0.2) is 28.8 Å². The zero-order valence-electron chi connectivity index (χ0n) is 28.8. The van der Waals surface area contributed by atoms with Crippen LogP contribution in [-0.4, -0.2) is 54.6 Å². The van der Waals surface area contributed by atoms with E-state index in [0.29, 0.717) is 6.42 Å². The summed E-state index contributed by atoms with van der Waals surface area (Å²) in [5, 5.41) is 53.6. The van der Waals surface area contributed by atoms with Crippen molar-refractivity contribution in [2.24, 2.45) is 28.1 Å². The van der Waals surface area contributed by atoms with E-state index in [1.807, 2.05) is 40.7 Å². The Morgan fingerprint density at radius 1 is 1.00 bits per heavy atom. The van der Waals surface area contributed by atoms with Gasteiger partial charge in [-0.25, -0.2) is 0 Å². The van der Waals surface area contributed by atoms with E-state index in [9.17, 15) is 35.1 Å². The monoisotopic (exact) mass is 636 g/mol. The van der Waals surface area contributed by atoms with E-state index in [0.717, 1.165) is 28.9 Å². The van der Waals surface area contributed by atoms with Crippen molar-refractivity contribution < 1.29 is 39.9 Å². The molecule has 2 saturated carbocycles. The molecule has 0 aromatic heterocycles. The number of hydrogen-bond donors (Lipinski definition) is 5. The molecule has 0 aliphatic heterocycles. The molecule has 1 aromatic rings. The van der Waals surface area contributed by atoms with Gasteiger partial charge >= 0.3 is 0 Å². The van der Waals surface area contributed by atoms with Crippen LogP contribution in [0.4, 0.5) is 0 Å². The number of phenolic OH excluding ortho intramolecular Hbond substituents is 2. The molecule has 2 fully saturated rings. The number of carbonyl (C=O) groups excluding carboxylic acids is 3. The molecule has 0 spiro atoms. The predicted octanol–water partition coefficient (Wildman–Crippen LogP) is 6.92. The van der Waals surface area contributed by atoms with Crippen LogP contribution in [-0.2, 0) is 14.4 Å². The van der Waals surface area contributed by atoms with Crippen LogP contribution >= 0.6 is 0 Å². The molecule has 1 unspecified atom stereocenters. The highest BCUT2D eigenvalue weighted by atomic mass is 16.3. The second-order valence-electron chi connectivity index (χ2n) is 15.2. The topological polar surface area (TPSA) is 152 Å². The summed E-state index contributed by atoms with van der Waals surface area (Å²) in [6.07, 6.45) is 3.14. The van der Waals surface area contributed by atoms with Gasteiger partial charge in [0.25, 0.3) is 0 Å². The summed E-state index contributed by atoms with van der Waals surface area (Å²) in [7, 11) is 0. The van der Waals surface area contributed by atoms with Crippen molar-refractivity contribution in [1.29, 1.82) is 0 Å². The maximum absolute atomic E-state index is 15.2. The predicted molar refractivity (Wildman–Crippen MR) is 179 cm³/mol. The van der Waals surface area contributed by atoms with E-state index in [1.54, 1.807) is 19.9 Å². The molecule has 0 radical (unpaired) electrons. The lowest BCUT2D eigenvalue weighted by molar-refractivity contribution is -0.180. The van der Waals surface area contributed by atoms with E-state index in [2.05, 4.69) is 6.58 Å². The molecule has 0 saturated heterocycles. The van der Waals surface area contributed by atoms with Gasteiger partial charge in [-0.1, -0.05) is 49.3 Å². The number of Topliss-reactive ketones (excluding diaryl/α,β-unsaturated/α-hetero) is 3. The van der Waals surface area contributed by atoms with Gasteiger partial charge in [0.05, 0.1) is 17.1 Å². The van der Waals surface area contributed by atoms with E-state index in [-0.39, 0.29) is 37.2 Å². The average molecular weight is 637 g/mol. The summed E-state index contributed by atoms with van der Waals surface area (Å²) in [6, 6.07) is 3.51. The Morgan fingerprint density at radius 2 is 1.59 bits per heavy atom. The summed E-state index contributed by atoms with van der Waals surface area (Å²) >= 11 is 0. The summed E-state index contributed by atoms with van der Waals surface area (Å²) in [4.78, 5) is 45.1. The zero-order valence-corrected chi connectivity index (χ0v) is 28.8. The number of aliphatic hydroxyl groups is 3. The molecule has 46 heavy (non-hydrogen) atoms. The van der Waals surface area contributed by atoms with Gasteiger partial charge in [0.1, 0.15) is 16.7 Å². The molecule has 2 aliphatic rings. The highest BCUT2D eigenvalue weighted by Crippen LogP contribution is 2.66. The van der Waals surface area contributed by atoms with Crippen LogP contribution in [0, 0.1) is 28.1 Å². The first-order valence-electron chi connectivity index (χ1n) is 16.0. The number of carbonyl (C=O) groups is 3. The van der Waals surface area contributed by atoms with Crippen LogP contribution in [0.3, 0.4) is 0 Å². The first-order chi connectivity index (χ1) is 21.0. The molecule has 0 heterocycles. The molecule has 252 valence electrons. The normalized spacial score (nSPS) is 26.7. The Bertz CT molecular complexity index is 1510. The van der Waals surface area contributed by atoms with Gasteiger partial charge in [-0.2, -0.15) is 0 Å². The molecule has 2 bridgehead atoms. The molecular weight excluding hydrogens is 584 g/mol. The van der Waals surface area contributed by atoms with Gasteiger partial charge in [-0.3, -0.25) is 14.4 Å². The summed E-state index contributed by atoms with van der Waals surface area (Å²) in [5.41, 5.74) is -4.07. The standard InChI is InChI=1S/C38H52O8/c1-21(2)11-12-25(23(5)6)19-37-20-26(18-29(41)36(9,10)46)35(7,8)38(34(37)45,16-15-22(3)4)33(44)30(32(37)43)31(42)24-13-14-27(39)28(40)17-24/h11,13-15,17,25-26,29,39-42,46H,5,12,16,18-20H2,1-4,6-10H3/t25-,26-,29?,37-,38+/m1/s1. The molecule has 0 amide bonds. The van der Waals surface area contributed by atoms with Gasteiger partial charge in [0, 0.05) is 5.56 Å². The minimum Gasteiger partial charge on any atom is -0.506 e. The Hall–Kier alpha value is -3.49. The van der Waals surface area contributed by atoms with Crippen LogP contribution in [0.15, 0.2) is 59.2 Å². The van der Waals surface area contributed by atoms with Crippen molar-refractivity contribution in [2.45, 2.75) is 106 Å². The number of aliphatic hydroxyl groups excluding tert-OH is 2. The third-order valence-corrected chi connectivity index (χ3v) is 10.5. The third kappa shape index (κ3) is 6.39. The second kappa shape index (κ2) is 13.0. The van der Waals surface area contributed by atoms with Crippen LogP contribution in [0.1, 0.15) is 100.0 Å². The zero-order chi connectivity index (χ0) is 35.2. The highest BCUT2D eigenvalue weighted by Gasteiger charge is 2.74. The number of rotatable bonds is 11. The lowest BCUT2D eigenvalue weighted by atomic mass is 9.38. The quantitative estimate of drug-likeness (QED) is 0.0438. The summed E-state index contributed by atoms with van der Waals surface area (Å²) in [5.74, 6) is -4.66. The third-order valence-electron chi connectivity index (χ3n) is 10.5. The molecule has 2 aliphatic carbocycles. The Morgan fingerprint density at radius 3 is 2.09 bits per heavy atom. The van der Waals surface area contributed by atoms with Crippen molar-refractivity contribution in [3.05, 3.63) is 64.8 Å². The van der Waals surface area contributed by atoms with Crippen molar-refractivity contribution >= 4 is 23.1 Å². The minimum absolute atomic E-state index is 0.00906. The second-order valence-corrected chi connectivity index (χ2v) is 15.2. The SMILES string of the molecule is C=C(C)[C@H](CC=C(C)C)C[C@@]12C[C@@H](CC(O)C(C)(C)O)C(C)(C)[C@@](CC=C(C)C)(C(=O)C(=C(O)c3ccc(O)c(O)c3)C1=O)C2=O. The Labute approximate surface area is 273 Å². The first-order valence-corrected chi connectivity index (χ1v) is 16.0. The van der Waals surface area contributed by atoms with Crippen LogP contribution in [0.2, 0.25) is 0 Å². The number of ketones is 3. The largest absolute Gasteiger partial charge is 0.506 e. The maximum atomic E-state index is 15.2. The van der Waals surface area contributed by atoms with Crippen molar-refractivity contribution in [2.75, 3.05) is 0 Å². The maximum Gasteiger partial charge on any atom is 0.184 e. The smallest absolute Gasteiger partial charge is 0.184 e. The number of fused-ring (bicyclic) bond motifs is 2. The number of hydrogen-bond acceptors (Lipinski definition) is 8. The molecular formula is C38H52O8. The van der Waals surface area contributed by atoms with Gasteiger partial charge in [-0.15, -0.1) is 0 Å². The van der Waals surface area contributed by atoms with Crippen molar-refractivity contribution in [1.82, 2.24) is 0 Å². The summed E-state index contributed by atoms with van der Waals surface area (Å²) in [6.45, 7) is 20.2. The van der Waals surface area contributed by atoms with E-state index in [4.69, 9.17) is 0 Å². The fraction of sp³-hybridized carbons (Fsp3) is 0.553. The van der Waals surface area contributed by atoms with Crippen molar-refractivity contribution in [3.8, 4) is 11.5 Å². The molecule has 3 rings (SSSR count). The van der Waals surface area contributed by atoms with E-state index < -0.39 is 74.0 Å². The fourth-order valence-electron chi connectivity index (χ4n) is 7.26. The number of aromatic hydroxyl groups is 2. The highest BCUT2D eigenvalue weighted by molar-refractivity contribution is 6.41. The molecule has 8 nitrogen and oxygen atoms in total. The van der Waals surface area contributed by atoms with Gasteiger partial charge < -0.3 is 25.5 Å². The van der Waals surface area contributed by atoms with Gasteiger partial charge in [0.2, 0.25) is 0 Å². The van der Waals surface area contributed by atoms with E-state index in [1.165, 1.54) is 19.9 Å². The lowest BCUT2D eigenvalue weighted by Crippen LogP contribution is -2.70. The number of allylic oxidation sites excluding steroid dienone is 6. The van der Waals surface area contributed by atoms with Crippen LogP contribution < -0.4 is 0 Å². The van der Waals surface area contributed by atoms with E-state index >= 15 is 4.79 Å². The summed E-state index contributed by atoms with van der Waals surface area (Å²) < 4.78 is 0. The lowest BCUT2D eigenvalue weighted by Gasteiger charge is -2.61. The minimum atomic E-state index is -1.81. The molecule has 8 heteroatoms. The number of benzene rings is 1. The van der Waals surface area contributed by atoms with Crippen molar-refractivity contribution in [3.63, 3.8) is 0 Å². The van der Waals surface area contributed by atoms with Gasteiger partial charge in [-0.05, 0) is 116 Å². The van der Waals surface area contributed by atoms with Crippen LogP contribution in [0.25, 0.3) is 5.76 Å². The Kier molecular flexibility index (Phi) is 10.4.